The number of rotatable bonds is 3. The van der Waals surface area contributed by atoms with Crippen molar-refractivity contribution in [3.8, 4) is 5.75 Å². The predicted molar refractivity (Wildman–Crippen MR) is 63.6 cm³/mol. The van der Waals surface area contributed by atoms with Crippen LogP contribution in [0, 0.1) is 0 Å². The lowest BCUT2D eigenvalue weighted by Crippen LogP contribution is -2.00. The molecule has 0 aliphatic carbocycles. The number of aromatic amines is 1. The van der Waals surface area contributed by atoms with Crippen molar-refractivity contribution in [2.24, 2.45) is 0 Å². The number of ether oxygens (including phenoxy) is 1. The van der Waals surface area contributed by atoms with Gasteiger partial charge >= 0.3 is 5.97 Å². The van der Waals surface area contributed by atoms with E-state index in [1.54, 1.807) is 6.20 Å². The molecule has 3 nitrogen and oxygen atoms in total. The Labute approximate surface area is 94.4 Å². The minimum absolute atomic E-state index is 0.290. The lowest BCUT2D eigenvalue weighted by Gasteiger charge is -2.01. The fourth-order valence-electron chi connectivity index (χ4n) is 1.83. The van der Waals surface area contributed by atoms with Gasteiger partial charge in [-0.2, -0.15) is 0 Å². The first-order valence-electron chi connectivity index (χ1n) is 5.49. The fourth-order valence-corrected chi connectivity index (χ4v) is 1.83. The summed E-state index contributed by atoms with van der Waals surface area (Å²) in [6.45, 7) is 3.56. The van der Waals surface area contributed by atoms with Gasteiger partial charge in [0.05, 0.1) is 0 Å². The number of aryl methyl sites for hydroxylation is 1. The molecule has 16 heavy (non-hydrogen) atoms. The van der Waals surface area contributed by atoms with Crippen molar-refractivity contribution in [1.82, 2.24) is 4.98 Å². The fraction of sp³-hybridized carbons (Fsp3) is 0.308. The van der Waals surface area contributed by atoms with Gasteiger partial charge in [0.1, 0.15) is 0 Å². The molecule has 84 valence electrons. The summed E-state index contributed by atoms with van der Waals surface area (Å²) in [5, 5.41) is 0.973. The SMILES string of the molecule is CCCc1ccc2[nH]cc(OC(C)=O)c2c1. The highest BCUT2D eigenvalue weighted by atomic mass is 16.5. The summed E-state index contributed by atoms with van der Waals surface area (Å²) in [6.07, 6.45) is 3.88. The molecule has 3 heteroatoms. The minimum Gasteiger partial charge on any atom is -0.424 e. The van der Waals surface area contributed by atoms with Gasteiger partial charge < -0.3 is 9.72 Å². The second kappa shape index (κ2) is 4.39. The highest BCUT2D eigenvalue weighted by molar-refractivity contribution is 5.88. The molecule has 0 unspecified atom stereocenters. The number of carbonyl (C=O) groups excluding carboxylic acids is 1. The Morgan fingerprint density at radius 1 is 1.44 bits per heavy atom. The van der Waals surface area contributed by atoms with Crippen LogP contribution in [0.2, 0.25) is 0 Å². The smallest absolute Gasteiger partial charge is 0.308 e. The van der Waals surface area contributed by atoms with Crippen LogP contribution >= 0.6 is 0 Å². The van der Waals surface area contributed by atoms with Gasteiger partial charge in [-0.3, -0.25) is 4.79 Å². The molecule has 0 bridgehead atoms. The van der Waals surface area contributed by atoms with Gasteiger partial charge in [0.2, 0.25) is 0 Å². The maximum Gasteiger partial charge on any atom is 0.308 e. The molecule has 1 aromatic heterocycles. The number of carbonyl (C=O) groups is 1. The number of H-pyrrole nitrogens is 1. The molecule has 2 rings (SSSR count). The Hall–Kier alpha value is -1.77. The van der Waals surface area contributed by atoms with Crippen LogP contribution in [0.25, 0.3) is 10.9 Å². The van der Waals surface area contributed by atoms with Crippen molar-refractivity contribution in [2.75, 3.05) is 0 Å². The summed E-state index contributed by atoms with van der Waals surface area (Å²) in [6, 6.07) is 6.20. The average Bonchev–Trinajstić information content (AvgIpc) is 2.61. The molecule has 0 saturated carbocycles. The Bertz CT molecular complexity index is 514. The second-order valence-electron chi connectivity index (χ2n) is 3.88. The molecule has 0 spiro atoms. The van der Waals surface area contributed by atoms with Crippen molar-refractivity contribution in [3.05, 3.63) is 30.0 Å². The molecular formula is C13H15NO2. The molecule has 0 amide bonds. The molecule has 0 fully saturated rings. The molecular weight excluding hydrogens is 202 g/mol. The topological polar surface area (TPSA) is 42.1 Å². The quantitative estimate of drug-likeness (QED) is 0.803. The van der Waals surface area contributed by atoms with Gasteiger partial charge in [-0.1, -0.05) is 19.4 Å². The zero-order valence-electron chi connectivity index (χ0n) is 9.54. The molecule has 1 aromatic carbocycles. The Balaban J connectivity index is 2.42. The first-order valence-corrected chi connectivity index (χ1v) is 5.49. The lowest BCUT2D eigenvalue weighted by atomic mass is 10.1. The van der Waals surface area contributed by atoms with Crippen molar-refractivity contribution in [2.45, 2.75) is 26.7 Å². The predicted octanol–water partition coefficient (Wildman–Crippen LogP) is 3.05. The monoisotopic (exact) mass is 217 g/mol. The van der Waals surface area contributed by atoms with Gasteiger partial charge in [-0.25, -0.2) is 0 Å². The third-order valence-electron chi connectivity index (χ3n) is 2.50. The van der Waals surface area contributed by atoms with E-state index in [9.17, 15) is 4.79 Å². The van der Waals surface area contributed by atoms with Crippen LogP contribution in [0.3, 0.4) is 0 Å². The summed E-state index contributed by atoms with van der Waals surface area (Å²) >= 11 is 0. The molecule has 0 atom stereocenters. The molecule has 1 heterocycles. The van der Waals surface area contributed by atoms with E-state index in [-0.39, 0.29) is 5.97 Å². The van der Waals surface area contributed by atoms with Gasteiger partial charge in [0.15, 0.2) is 5.75 Å². The standard InChI is InChI=1S/C13H15NO2/c1-3-4-10-5-6-12-11(7-10)13(8-14-12)16-9(2)15/h5-8,14H,3-4H2,1-2H3. The lowest BCUT2D eigenvalue weighted by molar-refractivity contribution is -0.131. The van der Waals surface area contributed by atoms with Crippen LogP contribution in [0.1, 0.15) is 25.8 Å². The van der Waals surface area contributed by atoms with Crippen LogP contribution in [-0.2, 0) is 11.2 Å². The highest BCUT2D eigenvalue weighted by Crippen LogP contribution is 2.26. The van der Waals surface area contributed by atoms with E-state index in [2.05, 4.69) is 24.0 Å². The van der Waals surface area contributed by atoms with Crippen LogP contribution in [0.5, 0.6) is 5.75 Å². The maximum atomic E-state index is 10.9. The number of fused-ring (bicyclic) bond motifs is 1. The van der Waals surface area contributed by atoms with Gasteiger partial charge in [0.25, 0.3) is 0 Å². The number of hydrogen-bond acceptors (Lipinski definition) is 2. The third-order valence-corrected chi connectivity index (χ3v) is 2.50. The van der Waals surface area contributed by atoms with Gasteiger partial charge in [-0.05, 0) is 24.1 Å². The molecule has 0 radical (unpaired) electrons. The molecule has 0 aliphatic rings. The van der Waals surface area contributed by atoms with Crippen molar-refractivity contribution >= 4 is 16.9 Å². The van der Waals surface area contributed by atoms with E-state index < -0.39 is 0 Å². The normalized spacial score (nSPS) is 10.6. The Morgan fingerprint density at radius 2 is 2.25 bits per heavy atom. The summed E-state index contributed by atoms with van der Waals surface area (Å²) in [5.74, 6) is 0.322. The van der Waals surface area contributed by atoms with E-state index in [4.69, 9.17) is 4.74 Å². The molecule has 0 aliphatic heterocycles. The number of hydrogen-bond donors (Lipinski definition) is 1. The maximum absolute atomic E-state index is 10.9. The Morgan fingerprint density at radius 3 is 2.94 bits per heavy atom. The zero-order chi connectivity index (χ0) is 11.5. The molecule has 2 aromatic rings. The van der Waals surface area contributed by atoms with E-state index in [1.165, 1.54) is 12.5 Å². The largest absolute Gasteiger partial charge is 0.424 e. The highest BCUT2D eigenvalue weighted by Gasteiger charge is 2.07. The van der Waals surface area contributed by atoms with Crippen molar-refractivity contribution in [1.29, 1.82) is 0 Å². The van der Waals surface area contributed by atoms with Crippen LogP contribution in [0.4, 0.5) is 0 Å². The third kappa shape index (κ3) is 2.08. The molecule has 0 saturated heterocycles. The van der Waals surface area contributed by atoms with Crippen LogP contribution in [-0.4, -0.2) is 11.0 Å². The number of nitrogens with one attached hydrogen (secondary N) is 1. The average molecular weight is 217 g/mol. The van der Waals surface area contributed by atoms with E-state index >= 15 is 0 Å². The van der Waals surface area contributed by atoms with Gasteiger partial charge in [0, 0.05) is 24.0 Å². The summed E-state index contributed by atoms with van der Waals surface area (Å²) in [7, 11) is 0. The summed E-state index contributed by atoms with van der Waals surface area (Å²) < 4.78 is 5.13. The number of benzene rings is 1. The van der Waals surface area contributed by atoms with E-state index in [1.807, 2.05) is 6.07 Å². The number of aromatic nitrogens is 1. The van der Waals surface area contributed by atoms with Crippen molar-refractivity contribution < 1.29 is 9.53 Å². The van der Waals surface area contributed by atoms with E-state index in [0.717, 1.165) is 23.7 Å². The van der Waals surface area contributed by atoms with E-state index in [0.29, 0.717) is 5.75 Å². The second-order valence-corrected chi connectivity index (χ2v) is 3.88. The zero-order valence-corrected chi connectivity index (χ0v) is 9.54. The molecule has 1 N–H and O–H groups in total. The summed E-state index contributed by atoms with van der Waals surface area (Å²) in [5.41, 5.74) is 2.26. The number of esters is 1. The Kier molecular flexibility index (Phi) is 2.95. The van der Waals surface area contributed by atoms with Crippen LogP contribution < -0.4 is 4.74 Å². The summed E-state index contributed by atoms with van der Waals surface area (Å²) in [4.78, 5) is 14.0. The van der Waals surface area contributed by atoms with Crippen molar-refractivity contribution in [3.63, 3.8) is 0 Å². The minimum atomic E-state index is -0.290. The van der Waals surface area contributed by atoms with Crippen LogP contribution in [0.15, 0.2) is 24.4 Å². The first-order chi connectivity index (χ1) is 7.70. The first kappa shape index (κ1) is 10.7. The van der Waals surface area contributed by atoms with Gasteiger partial charge in [-0.15, -0.1) is 0 Å².